The van der Waals surface area contributed by atoms with Crippen molar-refractivity contribution in [3.8, 4) is 0 Å². The number of carbonyl (C=O) groups is 4. The molecule has 3 amide bonds. The van der Waals surface area contributed by atoms with Crippen LogP contribution in [0.4, 0.5) is 0 Å². The lowest BCUT2D eigenvalue weighted by Crippen LogP contribution is -2.44. The Balaban J connectivity index is 1.94. The first-order valence-corrected chi connectivity index (χ1v) is 8.92. The van der Waals surface area contributed by atoms with Crippen molar-refractivity contribution in [3.63, 3.8) is 0 Å². The van der Waals surface area contributed by atoms with Crippen LogP contribution in [0, 0.1) is 0 Å². The summed E-state index contributed by atoms with van der Waals surface area (Å²) >= 11 is 0. The monoisotopic (exact) mass is 388 g/mol. The molecule has 28 heavy (non-hydrogen) atoms. The number of amides is 3. The average molecular weight is 388 g/mol. The molecular weight excluding hydrogens is 364 g/mol. The van der Waals surface area contributed by atoms with E-state index in [2.05, 4.69) is 20.9 Å². The molecule has 0 saturated heterocycles. The molecule has 0 radical (unpaired) electrons. The Bertz CT molecular complexity index is 861. The maximum absolute atomic E-state index is 12.4. The number of ether oxygens (including phenoxy) is 1. The van der Waals surface area contributed by atoms with Crippen LogP contribution in [-0.2, 0) is 30.3 Å². The topological polar surface area (TPSA) is 129 Å². The molecule has 2 aromatic rings. The maximum atomic E-state index is 12.4. The van der Waals surface area contributed by atoms with Crippen molar-refractivity contribution in [3.05, 3.63) is 36.0 Å². The number of rotatable bonds is 9. The van der Waals surface area contributed by atoms with Gasteiger partial charge in [-0.15, -0.1) is 0 Å². The summed E-state index contributed by atoms with van der Waals surface area (Å²) in [6.45, 7) is 2.78. The Morgan fingerprint density at radius 3 is 2.57 bits per heavy atom. The molecule has 0 aliphatic rings. The first kappa shape index (κ1) is 20.9. The molecular formula is C19H24N4O5. The normalized spacial score (nSPS) is 11.5. The lowest BCUT2D eigenvalue weighted by molar-refractivity contribution is -0.151. The van der Waals surface area contributed by atoms with Gasteiger partial charge in [-0.25, -0.2) is 4.79 Å². The third-order valence-corrected chi connectivity index (χ3v) is 3.93. The number of benzene rings is 1. The highest BCUT2D eigenvalue weighted by Gasteiger charge is 2.23. The van der Waals surface area contributed by atoms with E-state index in [-0.39, 0.29) is 24.8 Å². The van der Waals surface area contributed by atoms with E-state index in [4.69, 9.17) is 4.74 Å². The van der Waals surface area contributed by atoms with Gasteiger partial charge in [-0.05, 0) is 18.6 Å². The zero-order valence-corrected chi connectivity index (χ0v) is 15.8. The van der Waals surface area contributed by atoms with Crippen LogP contribution in [0.15, 0.2) is 30.5 Å². The van der Waals surface area contributed by atoms with Crippen LogP contribution in [0.2, 0.25) is 0 Å². The zero-order chi connectivity index (χ0) is 20.5. The van der Waals surface area contributed by atoms with Crippen molar-refractivity contribution in [2.75, 3.05) is 19.7 Å². The van der Waals surface area contributed by atoms with Gasteiger partial charge in [0.15, 0.2) is 6.61 Å². The number of likely N-dealkylation sites (N-methyl/N-ethyl adjacent to an activating group) is 1. The Hall–Kier alpha value is -3.36. The molecule has 0 bridgehead atoms. The molecule has 1 aromatic carbocycles. The Labute approximate surface area is 162 Å². The fourth-order valence-electron chi connectivity index (χ4n) is 2.69. The molecule has 9 heteroatoms. The van der Waals surface area contributed by atoms with Gasteiger partial charge >= 0.3 is 5.97 Å². The molecule has 1 heterocycles. The summed E-state index contributed by atoms with van der Waals surface area (Å²) in [5.41, 5.74) is 1.75. The van der Waals surface area contributed by atoms with E-state index in [1.165, 1.54) is 6.92 Å². The van der Waals surface area contributed by atoms with Gasteiger partial charge in [-0.1, -0.05) is 18.2 Å². The van der Waals surface area contributed by atoms with Crippen LogP contribution in [0.5, 0.6) is 0 Å². The third-order valence-electron chi connectivity index (χ3n) is 3.93. The minimum absolute atomic E-state index is 0.200. The second kappa shape index (κ2) is 10.1. The number of carbonyl (C=O) groups excluding carboxylic acids is 4. The summed E-state index contributed by atoms with van der Waals surface area (Å²) in [7, 11) is 0. The van der Waals surface area contributed by atoms with Gasteiger partial charge in [0, 0.05) is 37.0 Å². The molecule has 0 aliphatic carbocycles. The summed E-state index contributed by atoms with van der Waals surface area (Å²) in [5, 5.41) is 8.37. The smallest absolute Gasteiger partial charge is 0.329 e. The molecule has 0 saturated carbocycles. The van der Waals surface area contributed by atoms with Crippen LogP contribution >= 0.6 is 0 Å². The zero-order valence-electron chi connectivity index (χ0n) is 15.8. The van der Waals surface area contributed by atoms with Crippen LogP contribution < -0.4 is 16.0 Å². The van der Waals surface area contributed by atoms with Crippen LogP contribution in [0.25, 0.3) is 10.9 Å². The second-order valence-electron chi connectivity index (χ2n) is 6.15. The van der Waals surface area contributed by atoms with Gasteiger partial charge in [0.2, 0.25) is 11.8 Å². The summed E-state index contributed by atoms with van der Waals surface area (Å²) in [6.07, 6.45) is 1.98. The largest absolute Gasteiger partial charge is 0.454 e. The van der Waals surface area contributed by atoms with E-state index in [0.29, 0.717) is 6.54 Å². The Morgan fingerprint density at radius 2 is 1.86 bits per heavy atom. The average Bonchev–Trinajstić information content (AvgIpc) is 3.07. The first-order valence-electron chi connectivity index (χ1n) is 8.92. The van der Waals surface area contributed by atoms with E-state index in [1.807, 2.05) is 24.3 Å². The van der Waals surface area contributed by atoms with Gasteiger partial charge in [-0.3, -0.25) is 14.4 Å². The molecule has 0 aliphatic heterocycles. The third kappa shape index (κ3) is 6.11. The van der Waals surface area contributed by atoms with E-state index in [1.54, 1.807) is 13.1 Å². The minimum Gasteiger partial charge on any atom is -0.454 e. The van der Waals surface area contributed by atoms with Crippen LogP contribution in [-0.4, -0.2) is 54.4 Å². The van der Waals surface area contributed by atoms with Gasteiger partial charge < -0.3 is 25.7 Å². The van der Waals surface area contributed by atoms with Gasteiger partial charge in [-0.2, -0.15) is 0 Å². The fourth-order valence-corrected chi connectivity index (χ4v) is 2.69. The second-order valence-corrected chi connectivity index (χ2v) is 6.15. The van der Waals surface area contributed by atoms with E-state index < -0.39 is 24.5 Å². The summed E-state index contributed by atoms with van der Waals surface area (Å²) in [5.74, 6) is -2.05. The number of nitrogens with one attached hydrogen (secondary N) is 4. The fraction of sp³-hybridized carbons (Fsp3) is 0.368. The number of hydrogen-bond donors (Lipinski definition) is 4. The Morgan fingerprint density at radius 1 is 1.11 bits per heavy atom. The molecule has 0 fully saturated rings. The SMILES string of the molecule is CCNC(=O)CNC(=O)COC(=O)[C@H](Cc1c[nH]c2ccccc12)NC(C)=O. The maximum Gasteiger partial charge on any atom is 0.329 e. The van der Waals surface area contributed by atoms with Gasteiger partial charge in [0.05, 0.1) is 6.54 Å². The lowest BCUT2D eigenvalue weighted by atomic mass is 10.0. The molecule has 9 nitrogen and oxygen atoms in total. The van der Waals surface area contributed by atoms with Gasteiger partial charge in [0.1, 0.15) is 6.04 Å². The van der Waals surface area contributed by atoms with E-state index in [0.717, 1.165) is 16.5 Å². The van der Waals surface area contributed by atoms with Gasteiger partial charge in [0.25, 0.3) is 5.91 Å². The van der Waals surface area contributed by atoms with Crippen molar-refractivity contribution in [2.24, 2.45) is 0 Å². The van der Waals surface area contributed by atoms with Crippen molar-refractivity contribution in [1.82, 2.24) is 20.9 Å². The highest BCUT2D eigenvalue weighted by atomic mass is 16.5. The predicted octanol–water partition coefficient (Wildman–Crippen LogP) is 0.0106. The number of fused-ring (bicyclic) bond motifs is 1. The number of hydrogen-bond acceptors (Lipinski definition) is 5. The number of H-pyrrole nitrogens is 1. The molecule has 1 atom stereocenters. The summed E-state index contributed by atoms with van der Waals surface area (Å²) in [6, 6.07) is 6.65. The molecule has 150 valence electrons. The molecule has 0 unspecified atom stereocenters. The standard InChI is InChI=1S/C19H24N4O5/c1-3-20-17(25)10-22-18(26)11-28-19(27)16(23-12(2)24)8-13-9-21-15-7-5-4-6-14(13)15/h4-7,9,16,21H,3,8,10-11H2,1-2H3,(H,20,25)(H,22,26)(H,23,24)/t16-/m0/s1. The van der Waals surface area contributed by atoms with E-state index >= 15 is 0 Å². The molecule has 0 spiro atoms. The highest BCUT2D eigenvalue weighted by Crippen LogP contribution is 2.19. The highest BCUT2D eigenvalue weighted by molar-refractivity contribution is 5.89. The van der Waals surface area contributed by atoms with E-state index in [9.17, 15) is 19.2 Å². The van der Waals surface area contributed by atoms with Crippen LogP contribution in [0.1, 0.15) is 19.4 Å². The number of aromatic nitrogens is 1. The quantitative estimate of drug-likeness (QED) is 0.450. The van der Waals surface area contributed by atoms with Crippen LogP contribution in [0.3, 0.4) is 0 Å². The number of para-hydroxylation sites is 1. The Kier molecular flexibility index (Phi) is 7.55. The van der Waals surface area contributed by atoms with Crippen molar-refractivity contribution in [1.29, 1.82) is 0 Å². The van der Waals surface area contributed by atoms with Crippen molar-refractivity contribution < 1.29 is 23.9 Å². The lowest BCUT2D eigenvalue weighted by Gasteiger charge is -2.16. The molecule has 4 N–H and O–H groups in total. The first-order chi connectivity index (χ1) is 13.4. The molecule has 2 rings (SSSR count). The number of aromatic amines is 1. The number of esters is 1. The predicted molar refractivity (Wildman–Crippen MR) is 102 cm³/mol. The molecule has 1 aromatic heterocycles. The van der Waals surface area contributed by atoms with Crippen molar-refractivity contribution in [2.45, 2.75) is 26.3 Å². The minimum atomic E-state index is -0.937. The summed E-state index contributed by atoms with van der Waals surface area (Å²) in [4.78, 5) is 50.0. The summed E-state index contributed by atoms with van der Waals surface area (Å²) < 4.78 is 5.01. The van der Waals surface area contributed by atoms with Crippen molar-refractivity contribution >= 4 is 34.6 Å².